The van der Waals surface area contributed by atoms with Crippen molar-refractivity contribution < 1.29 is 19.1 Å². The van der Waals surface area contributed by atoms with E-state index in [0.717, 1.165) is 11.3 Å². The summed E-state index contributed by atoms with van der Waals surface area (Å²) in [7, 11) is 1.78. The topological polar surface area (TPSA) is 60.9 Å². The van der Waals surface area contributed by atoms with Crippen LogP contribution >= 0.6 is 0 Å². The zero-order valence-electron chi connectivity index (χ0n) is 15.1. The summed E-state index contributed by atoms with van der Waals surface area (Å²) < 4.78 is 13.1. The first-order valence-corrected chi connectivity index (χ1v) is 9.04. The van der Waals surface area contributed by atoms with Crippen molar-refractivity contribution in [2.45, 2.75) is 24.4 Å². The minimum absolute atomic E-state index is 0.0647. The lowest BCUT2D eigenvalue weighted by Gasteiger charge is -2.39. The normalized spacial score (nSPS) is 19.3. The minimum atomic E-state index is -1.33. The summed E-state index contributed by atoms with van der Waals surface area (Å²) in [5.41, 5.74) is 1.71. The van der Waals surface area contributed by atoms with Crippen LogP contribution in [0.15, 0.2) is 48.5 Å². The van der Waals surface area contributed by atoms with E-state index >= 15 is 0 Å². The summed E-state index contributed by atoms with van der Waals surface area (Å²) in [5, 5.41) is 10.4. The summed E-state index contributed by atoms with van der Waals surface area (Å²) in [6.07, 6.45) is -0.279. The summed E-state index contributed by atoms with van der Waals surface area (Å²) in [6, 6.07) is 13.0. The highest BCUT2D eigenvalue weighted by molar-refractivity contribution is 6.08. The van der Waals surface area contributed by atoms with Gasteiger partial charge in [0, 0.05) is 25.8 Å². The number of rotatable bonds is 2. The largest absolute Gasteiger partial charge is 0.378 e. The molecule has 0 aliphatic carbocycles. The van der Waals surface area contributed by atoms with Gasteiger partial charge < -0.3 is 14.9 Å². The lowest BCUT2D eigenvalue weighted by molar-refractivity contribution is -0.143. The van der Waals surface area contributed by atoms with E-state index in [1.165, 1.54) is 24.3 Å². The van der Waals surface area contributed by atoms with Crippen LogP contribution < -0.4 is 4.90 Å². The van der Waals surface area contributed by atoms with Crippen molar-refractivity contribution in [2.75, 3.05) is 25.0 Å². The fraction of sp³-hybridized carbons (Fsp3) is 0.333. The third-order valence-electron chi connectivity index (χ3n) is 5.84. The zero-order chi connectivity index (χ0) is 19.2. The molecular formula is C21H21FN2O3. The SMILES string of the molecule is CN1C(=O)C2(CCN(C(=O)[C@@H](O)c3ccc(F)cc3)CC2)c2ccccc21. The van der Waals surface area contributed by atoms with Crippen LogP contribution in [0.4, 0.5) is 10.1 Å². The number of aliphatic hydroxyl groups excluding tert-OH is 1. The Bertz CT molecular complexity index is 889. The van der Waals surface area contributed by atoms with Crippen LogP contribution in [0.25, 0.3) is 0 Å². The first kappa shape index (κ1) is 17.7. The monoisotopic (exact) mass is 368 g/mol. The molecule has 4 rings (SSSR count). The molecule has 2 amide bonds. The summed E-state index contributed by atoms with van der Waals surface area (Å²) in [6.45, 7) is 0.788. The molecule has 0 radical (unpaired) electrons. The van der Waals surface area contributed by atoms with Crippen LogP contribution in [0.2, 0.25) is 0 Å². The molecule has 6 heteroatoms. The Balaban J connectivity index is 1.51. The van der Waals surface area contributed by atoms with Gasteiger partial charge in [0.15, 0.2) is 6.10 Å². The highest BCUT2D eigenvalue weighted by Gasteiger charge is 2.51. The number of carbonyl (C=O) groups excluding carboxylic acids is 2. The fourth-order valence-electron chi connectivity index (χ4n) is 4.27. The van der Waals surface area contributed by atoms with Crippen molar-refractivity contribution in [3.05, 3.63) is 65.5 Å². The van der Waals surface area contributed by atoms with Crippen LogP contribution in [0.5, 0.6) is 0 Å². The van der Waals surface area contributed by atoms with E-state index in [0.29, 0.717) is 31.5 Å². The van der Waals surface area contributed by atoms with Crippen molar-refractivity contribution in [1.82, 2.24) is 4.90 Å². The Morgan fingerprint density at radius 3 is 2.41 bits per heavy atom. The van der Waals surface area contributed by atoms with Crippen LogP contribution in [0, 0.1) is 5.82 Å². The number of anilines is 1. The van der Waals surface area contributed by atoms with Gasteiger partial charge >= 0.3 is 0 Å². The van der Waals surface area contributed by atoms with Gasteiger partial charge in [0.2, 0.25) is 5.91 Å². The molecule has 1 fully saturated rings. The fourth-order valence-corrected chi connectivity index (χ4v) is 4.27. The number of carbonyl (C=O) groups is 2. The first-order chi connectivity index (χ1) is 12.9. The van der Waals surface area contributed by atoms with Gasteiger partial charge in [-0.15, -0.1) is 0 Å². The van der Waals surface area contributed by atoms with Gasteiger partial charge in [-0.3, -0.25) is 9.59 Å². The predicted molar refractivity (Wildman–Crippen MR) is 98.7 cm³/mol. The number of likely N-dealkylation sites (N-methyl/N-ethyl adjacent to an activating group) is 1. The number of fused-ring (bicyclic) bond motifs is 2. The van der Waals surface area contributed by atoms with Crippen molar-refractivity contribution >= 4 is 17.5 Å². The lowest BCUT2D eigenvalue weighted by Crippen LogP contribution is -2.50. The molecule has 5 nitrogen and oxygen atoms in total. The van der Waals surface area contributed by atoms with Crippen LogP contribution in [-0.4, -0.2) is 42.0 Å². The van der Waals surface area contributed by atoms with E-state index in [-0.39, 0.29) is 5.91 Å². The van der Waals surface area contributed by atoms with Gasteiger partial charge in [-0.05, 0) is 42.2 Å². The van der Waals surface area contributed by atoms with Gasteiger partial charge in [-0.2, -0.15) is 0 Å². The molecular weight excluding hydrogens is 347 g/mol. The Hall–Kier alpha value is -2.73. The molecule has 1 atom stereocenters. The number of amides is 2. The molecule has 1 saturated heterocycles. The quantitative estimate of drug-likeness (QED) is 0.886. The third-order valence-corrected chi connectivity index (χ3v) is 5.84. The van der Waals surface area contributed by atoms with Crippen LogP contribution in [-0.2, 0) is 15.0 Å². The minimum Gasteiger partial charge on any atom is -0.378 e. The van der Waals surface area contributed by atoms with E-state index in [9.17, 15) is 19.1 Å². The molecule has 2 heterocycles. The lowest BCUT2D eigenvalue weighted by atomic mass is 9.73. The predicted octanol–water partition coefficient (Wildman–Crippen LogP) is 2.40. The third kappa shape index (κ3) is 2.72. The van der Waals surface area contributed by atoms with Gasteiger partial charge in [0.05, 0.1) is 5.41 Å². The molecule has 2 aromatic rings. The average molecular weight is 368 g/mol. The molecule has 2 aliphatic heterocycles. The standard InChI is InChI=1S/C21H21FN2O3/c1-23-17-5-3-2-4-16(17)21(20(23)27)10-12-24(13-11-21)19(26)18(25)14-6-8-15(22)9-7-14/h2-9,18,25H,10-13H2,1H3/t18-/m0/s1. The Labute approximate surface area is 157 Å². The van der Waals surface area contributed by atoms with Gasteiger partial charge in [-0.25, -0.2) is 4.39 Å². The summed E-state index contributed by atoms with van der Waals surface area (Å²) >= 11 is 0. The number of benzene rings is 2. The van der Waals surface area contributed by atoms with E-state index in [1.54, 1.807) is 16.8 Å². The number of halogens is 1. The number of likely N-dealkylation sites (tertiary alicyclic amines) is 1. The Morgan fingerprint density at radius 1 is 1.11 bits per heavy atom. The molecule has 1 N–H and O–H groups in total. The van der Waals surface area contributed by atoms with Gasteiger partial charge in [-0.1, -0.05) is 30.3 Å². The summed E-state index contributed by atoms with van der Waals surface area (Å²) in [5.74, 6) is -0.765. The van der Waals surface area contributed by atoms with E-state index in [4.69, 9.17) is 0 Å². The van der Waals surface area contributed by atoms with Crippen molar-refractivity contribution in [2.24, 2.45) is 0 Å². The summed E-state index contributed by atoms with van der Waals surface area (Å²) in [4.78, 5) is 28.9. The molecule has 140 valence electrons. The number of aliphatic hydroxyl groups is 1. The molecule has 0 bridgehead atoms. The van der Waals surface area contributed by atoms with Crippen molar-refractivity contribution in [3.63, 3.8) is 0 Å². The maximum atomic E-state index is 13.1. The second-order valence-electron chi connectivity index (χ2n) is 7.24. The van der Waals surface area contributed by atoms with Crippen LogP contribution in [0.1, 0.15) is 30.1 Å². The van der Waals surface area contributed by atoms with E-state index in [2.05, 4.69) is 0 Å². The van der Waals surface area contributed by atoms with Gasteiger partial charge in [0.25, 0.3) is 5.91 Å². The highest BCUT2D eigenvalue weighted by atomic mass is 19.1. The number of hydrogen-bond donors (Lipinski definition) is 1. The Kier molecular flexibility index (Phi) is 4.23. The van der Waals surface area contributed by atoms with E-state index < -0.39 is 23.2 Å². The number of hydrogen-bond acceptors (Lipinski definition) is 3. The molecule has 0 aromatic heterocycles. The second kappa shape index (κ2) is 6.46. The second-order valence-corrected chi connectivity index (χ2v) is 7.24. The van der Waals surface area contributed by atoms with Crippen LogP contribution in [0.3, 0.4) is 0 Å². The zero-order valence-corrected chi connectivity index (χ0v) is 15.1. The molecule has 27 heavy (non-hydrogen) atoms. The smallest absolute Gasteiger partial charge is 0.256 e. The Morgan fingerprint density at radius 2 is 1.74 bits per heavy atom. The molecule has 1 spiro atoms. The number of piperidine rings is 1. The first-order valence-electron chi connectivity index (χ1n) is 9.04. The van der Waals surface area contributed by atoms with E-state index in [1.807, 2.05) is 24.3 Å². The maximum Gasteiger partial charge on any atom is 0.256 e. The molecule has 0 saturated carbocycles. The van der Waals surface area contributed by atoms with Crippen molar-refractivity contribution in [3.8, 4) is 0 Å². The average Bonchev–Trinajstić information content (AvgIpc) is 2.91. The van der Waals surface area contributed by atoms with Gasteiger partial charge in [0.1, 0.15) is 5.82 Å². The maximum absolute atomic E-state index is 13.1. The molecule has 0 unspecified atom stereocenters. The highest BCUT2D eigenvalue weighted by Crippen LogP contribution is 2.47. The molecule has 2 aliphatic rings. The molecule has 2 aromatic carbocycles. The number of nitrogens with zero attached hydrogens (tertiary/aromatic N) is 2. The van der Waals surface area contributed by atoms with Crippen molar-refractivity contribution in [1.29, 1.82) is 0 Å². The number of para-hydroxylation sites is 1.